The molecule has 0 fully saturated rings. The number of hydrogen-bond donors (Lipinski definition) is 1. The Morgan fingerprint density at radius 2 is 2.16 bits per heavy atom. The van der Waals surface area contributed by atoms with Gasteiger partial charge in [0.1, 0.15) is 16.6 Å². The van der Waals surface area contributed by atoms with E-state index in [1.165, 1.54) is 4.88 Å². The van der Waals surface area contributed by atoms with Crippen molar-refractivity contribution in [2.75, 3.05) is 5.32 Å². The smallest absolute Gasteiger partial charge is 0.133 e. The number of hydrogen-bond acceptors (Lipinski definition) is 6. The SMILES string of the molecule is Cc1nccc(NCc2csc(-c3cccs3)n2)n1. The summed E-state index contributed by atoms with van der Waals surface area (Å²) in [6.45, 7) is 2.56. The van der Waals surface area contributed by atoms with Gasteiger partial charge in [-0.1, -0.05) is 6.07 Å². The van der Waals surface area contributed by atoms with Crippen LogP contribution in [0.5, 0.6) is 0 Å². The molecule has 1 N–H and O–H groups in total. The highest BCUT2D eigenvalue weighted by Gasteiger charge is 2.05. The number of aromatic nitrogens is 3. The maximum absolute atomic E-state index is 4.61. The third-order valence-electron chi connectivity index (χ3n) is 2.51. The summed E-state index contributed by atoms with van der Waals surface area (Å²) < 4.78 is 0. The van der Waals surface area contributed by atoms with Gasteiger partial charge in [-0.3, -0.25) is 0 Å². The van der Waals surface area contributed by atoms with Gasteiger partial charge in [-0.2, -0.15) is 0 Å². The molecule has 0 radical (unpaired) electrons. The highest BCUT2D eigenvalue weighted by atomic mass is 32.1. The minimum absolute atomic E-state index is 0.679. The van der Waals surface area contributed by atoms with E-state index in [4.69, 9.17) is 0 Å². The summed E-state index contributed by atoms with van der Waals surface area (Å²) in [6.07, 6.45) is 1.75. The quantitative estimate of drug-likeness (QED) is 0.797. The average Bonchev–Trinajstić information content (AvgIpc) is 3.07. The minimum Gasteiger partial charge on any atom is -0.364 e. The first kappa shape index (κ1) is 12.3. The molecular weight excluding hydrogens is 276 g/mol. The van der Waals surface area contributed by atoms with E-state index in [0.717, 1.165) is 22.3 Å². The van der Waals surface area contributed by atoms with Crippen molar-refractivity contribution in [1.82, 2.24) is 15.0 Å². The Morgan fingerprint density at radius 1 is 1.21 bits per heavy atom. The molecule has 0 saturated heterocycles. The molecule has 3 aromatic rings. The zero-order valence-electron chi connectivity index (χ0n) is 10.3. The first-order chi connectivity index (χ1) is 9.31. The molecule has 3 heterocycles. The average molecular weight is 288 g/mol. The Hall–Kier alpha value is -1.79. The predicted molar refractivity (Wildman–Crippen MR) is 79.5 cm³/mol. The van der Waals surface area contributed by atoms with Crippen LogP contribution in [0.1, 0.15) is 11.5 Å². The second kappa shape index (κ2) is 5.46. The van der Waals surface area contributed by atoms with Crippen LogP contribution in [0.2, 0.25) is 0 Å². The van der Waals surface area contributed by atoms with E-state index in [0.29, 0.717) is 6.54 Å². The maximum atomic E-state index is 4.61. The molecule has 0 aromatic carbocycles. The molecular formula is C13H12N4S2. The third-order valence-corrected chi connectivity index (χ3v) is 4.44. The predicted octanol–water partition coefficient (Wildman–Crippen LogP) is 3.58. The zero-order valence-corrected chi connectivity index (χ0v) is 12.0. The number of rotatable bonds is 4. The molecule has 3 rings (SSSR count). The van der Waals surface area contributed by atoms with E-state index in [1.54, 1.807) is 28.9 Å². The van der Waals surface area contributed by atoms with Gasteiger partial charge in [0.25, 0.3) is 0 Å². The van der Waals surface area contributed by atoms with Gasteiger partial charge in [-0.25, -0.2) is 15.0 Å². The largest absolute Gasteiger partial charge is 0.364 e. The van der Waals surface area contributed by atoms with Gasteiger partial charge in [0, 0.05) is 11.6 Å². The van der Waals surface area contributed by atoms with Crippen LogP contribution in [0, 0.1) is 6.92 Å². The fraction of sp³-hybridized carbons (Fsp3) is 0.154. The third kappa shape index (κ3) is 2.97. The standard InChI is InChI=1S/C13H12N4S2/c1-9-14-5-4-12(16-9)15-7-10-8-19-13(17-10)11-3-2-6-18-11/h2-6,8H,7H2,1H3,(H,14,15,16). The lowest BCUT2D eigenvalue weighted by molar-refractivity contribution is 1.01. The lowest BCUT2D eigenvalue weighted by Gasteiger charge is -2.03. The van der Waals surface area contributed by atoms with Gasteiger partial charge < -0.3 is 5.32 Å². The fourth-order valence-electron chi connectivity index (χ4n) is 1.64. The van der Waals surface area contributed by atoms with E-state index in [9.17, 15) is 0 Å². The molecule has 4 nitrogen and oxygen atoms in total. The lowest BCUT2D eigenvalue weighted by atomic mass is 10.4. The highest BCUT2D eigenvalue weighted by molar-refractivity contribution is 7.20. The lowest BCUT2D eigenvalue weighted by Crippen LogP contribution is -2.02. The second-order valence-corrected chi connectivity index (χ2v) is 5.77. The van der Waals surface area contributed by atoms with Gasteiger partial charge in [0.05, 0.1) is 17.1 Å². The number of nitrogens with zero attached hydrogens (tertiary/aromatic N) is 3. The summed E-state index contributed by atoms with van der Waals surface area (Å²) in [6, 6.07) is 6.00. The van der Waals surface area contributed by atoms with E-state index in [-0.39, 0.29) is 0 Å². The van der Waals surface area contributed by atoms with Crippen LogP contribution in [0.4, 0.5) is 5.82 Å². The van der Waals surface area contributed by atoms with Crippen molar-refractivity contribution in [3.8, 4) is 9.88 Å². The number of thiophene rings is 1. The molecule has 6 heteroatoms. The van der Waals surface area contributed by atoms with Crippen molar-refractivity contribution >= 4 is 28.5 Å². The van der Waals surface area contributed by atoms with Crippen LogP contribution >= 0.6 is 22.7 Å². The van der Waals surface area contributed by atoms with E-state index in [2.05, 4.69) is 37.1 Å². The van der Waals surface area contributed by atoms with Crippen LogP contribution < -0.4 is 5.32 Å². The molecule has 0 aliphatic carbocycles. The molecule has 0 unspecified atom stereocenters. The first-order valence-electron chi connectivity index (χ1n) is 5.83. The normalized spacial score (nSPS) is 10.6. The molecule has 96 valence electrons. The van der Waals surface area contributed by atoms with Gasteiger partial charge in [0.2, 0.25) is 0 Å². The summed E-state index contributed by atoms with van der Waals surface area (Å²) in [5.41, 5.74) is 1.03. The van der Waals surface area contributed by atoms with Crippen molar-refractivity contribution in [1.29, 1.82) is 0 Å². The molecule has 0 aliphatic rings. The minimum atomic E-state index is 0.679. The molecule has 0 atom stereocenters. The molecule has 0 aliphatic heterocycles. The summed E-state index contributed by atoms with van der Waals surface area (Å²) in [5, 5.41) is 8.48. The Balaban J connectivity index is 1.68. The van der Waals surface area contributed by atoms with Crippen molar-refractivity contribution in [3.05, 3.63) is 46.7 Å². The van der Waals surface area contributed by atoms with Crippen molar-refractivity contribution < 1.29 is 0 Å². The first-order valence-corrected chi connectivity index (χ1v) is 7.59. The van der Waals surface area contributed by atoms with Crippen molar-refractivity contribution in [2.45, 2.75) is 13.5 Å². The van der Waals surface area contributed by atoms with E-state index >= 15 is 0 Å². The van der Waals surface area contributed by atoms with Crippen LogP contribution in [-0.2, 0) is 6.54 Å². The molecule has 0 saturated carbocycles. The molecule has 0 spiro atoms. The van der Waals surface area contributed by atoms with Crippen molar-refractivity contribution in [3.63, 3.8) is 0 Å². The van der Waals surface area contributed by atoms with Gasteiger partial charge in [0.15, 0.2) is 0 Å². The van der Waals surface area contributed by atoms with Crippen LogP contribution in [0.3, 0.4) is 0 Å². The highest BCUT2D eigenvalue weighted by Crippen LogP contribution is 2.27. The van der Waals surface area contributed by atoms with Gasteiger partial charge in [-0.05, 0) is 24.4 Å². The topological polar surface area (TPSA) is 50.7 Å². The van der Waals surface area contributed by atoms with Gasteiger partial charge in [-0.15, -0.1) is 22.7 Å². The monoisotopic (exact) mass is 288 g/mol. The number of anilines is 1. The molecule has 19 heavy (non-hydrogen) atoms. The van der Waals surface area contributed by atoms with E-state index < -0.39 is 0 Å². The Morgan fingerprint density at radius 3 is 2.95 bits per heavy atom. The molecule has 0 amide bonds. The Labute approximate surface area is 119 Å². The zero-order chi connectivity index (χ0) is 13.1. The molecule has 3 aromatic heterocycles. The summed E-state index contributed by atoms with van der Waals surface area (Å²) >= 11 is 3.38. The van der Waals surface area contributed by atoms with Crippen LogP contribution in [0.25, 0.3) is 9.88 Å². The number of aryl methyl sites for hydroxylation is 1. The van der Waals surface area contributed by atoms with Crippen molar-refractivity contribution in [2.24, 2.45) is 0 Å². The summed E-state index contributed by atoms with van der Waals surface area (Å²) in [5.74, 6) is 1.60. The Kier molecular flexibility index (Phi) is 3.52. The fourth-order valence-corrected chi connectivity index (χ4v) is 3.27. The number of nitrogens with one attached hydrogen (secondary N) is 1. The van der Waals surface area contributed by atoms with Crippen LogP contribution in [-0.4, -0.2) is 15.0 Å². The van der Waals surface area contributed by atoms with E-state index in [1.807, 2.05) is 19.1 Å². The van der Waals surface area contributed by atoms with Gasteiger partial charge >= 0.3 is 0 Å². The molecule has 0 bridgehead atoms. The van der Waals surface area contributed by atoms with Crippen LogP contribution in [0.15, 0.2) is 35.2 Å². The number of thiazole rings is 1. The second-order valence-electron chi connectivity index (χ2n) is 3.96. The maximum Gasteiger partial charge on any atom is 0.133 e. The summed E-state index contributed by atoms with van der Waals surface area (Å²) in [4.78, 5) is 14.2. The Bertz CT molecular complexity index is 661. The summed E-state index contributed by atoms with van der Waals surface area (Å²) in [7, 11) is 0.